The van der Waals surface area contributed by atoms with Gasteiger partial charge in [0.2, 0.25) is 5.91 Å². The average molecular weight is 391 g/mol. The largest absolute Gasteiger partial charge is 0.364 e. The monoisotopic (exact) mass is 390 g/mol. The number of amides is 1. The van der Waals surface area contributed by atoms with Crippen LogP contribution in [0.15, 0.2) is 36.9 Å². The molecule has 9 heteroatoms. The Morgan fingerprint density at radius 2 is 2.20 bits per heavy atom. The number of benzene rings is 1. The summed E-state index contributed by atoms with van der Waals surface area (Å²) in [7, 11) is 0. The van der Waals surface area contributed by atoms with E-state index in [1.165, 1.54) is 12.4 Å². The molecule has 6 nitrogen and oxygen atoms in total. The fourth-order valence-corrected chi connectivity index (χ4v) is 2.65. The number of carbonyl (C=O) groups excluding carboxylic acids is 1. The molecule has 2 aromatic rings. The SMILES string of the molecule is Cl.Cl.NC[C@H]1CC[C@@H](C(=O)NCc2ccc(-n3ccnc3)c(F)c2)O1. The quantitative estimate of drug-likeness (QED) is 0.817. The molecule has 2 atom stereocenters. The lowest BCUT2D eigenvalue weighted by molar-refractivity contribution is -0.132. The molecule has 0 aliphatic carbocycles. The molecule has 0 bridgehead atoms. The molecular weight excluding hydrogens is 370 g/mol. The van der Waals surface area contributed by atoms with Crippen molar-refractivity contribution in [3.05, 3.63) is 48.3 Å². The maximum Gasteiger partial charge on any atom is 0.249 e. The Balaban J connectivity index is 0.00000156. The predicted octanol–water partition coefficient (Wildman–Crippen LogP) is 1.98. The summed E-state index contributed by atoms with van der Waals surface area (Å²) in [6, 6.07) is 4.85. The van der Waals surface area contributed by atoms with Crippen molar-refractivity contribution in [2.24, 2.45) is 5.73 Å². The number of hydrogen-bond donors (Lipinski definition) is 2. The lowest BCUT2D eigenvalue weighted by Gasteiger charge is -2.13. The van der Waals surface area contributed by atoms with Crippen LogP contribution in [0.1, 0.15) is 18.4 Å². The van der Waals surface area contributed by atoms with Gasteiger partial charge >= 0.3 is 0 Å². The molecule has 1 aromatic heterocycles. The number of hydrogen-bond acceptors (Lipinski definition) is 4. The molecule has 1 aliphatic heterocycles. The minimum atomic E-state index is -0.460. The Hall–Kier alpha value is -1.67. The van der Waals surface area contributed by atoms with E-state index in [9.17, 15) is 9.18 Å². The molecule has 1 fully saturated rings. The van der Waals surface area contributed by atoms with Gasteiger partial charge in [-0.3, -0.25) is 4.79 Å². The molecule has 3 rings (SSSR count). The number of carbonyl (C=O) groups is 1. The molecular formula is C16H21Cl2FN4O2. The highest BCUT2D eigenvalue weighted by atomic mass is 35.5. The minimum absolute atomic E-state index is 0. The molecule has 25 heavy (non-hydrogen) atoms. The van der Waals surface area contributed by atoms with Crippen LogP contribution >= 0.6 is 24.8 Å². The number of ether oxygens (including phenoxy) is 1. The number of nitrogens with one attached hydrogen (secondary N) is 1. The summed E-state index contributed by atoms with van der Waals surface area (Å²) in [6.07, 6.45) is 5.75. The van der Waals surface area contributed by atoms with E-state index >= 15 is 0 Å². The number of rotatable bonds is 5. The Labute approximate surface area is 157 Å². The molecule has 0 unspecified atom stereocenters. The van der Waals surface area contributed by atoms with E-state index in [1.807, 2.05) is 0 Å². The van der Waals surface area contributed by atoms with Crippen molar-refractivity contribution in [1.82, 2.24) is 14.9 Å². The first-order valence-corrected chi connectivity index (χ1v) is 7.57. The molecule has 1 aliphatic rings. The van der Waals surface area contributed by atoms with E-state index in [-0.39, 0.29) is 49.2 Å². The van der Waals surface area contributed by atoms with Gasteiger partial charge < -0.3 is 20.4 Å². The van der Waals surface area contributed by atoms with E-state index in [0.29, 0.717) is 24.2 Å². The molecule has 3 N–H and O–H groups in total. The molecule has 138 valence electrons. The van der Waals surface area contributed by atoms with Crippen LogP contribution in [0, 0.1) is 5.82 Å². The van der Waals surface area contributed by atoms with Crippen molar-refractivity contribution >= 4 is 30.7 Å². The minimum Gasteiger partial charge on any atom is -0.364 e. The van der Waals surface area contributed by atoms with E-state index in [0.717, 1.165) is 6.42 Å². The van der Waals surface area contributed by atoms with E-state index in [1.54, 1.807) is 29.1 Å². The van der Waals surface area contributed by atoms with Gasteiger partial charge in [-0.15, -0.1) is 24.8 Å². The van der Waals surface area contributed by atoms with Crippen LogP contribution < -0.4 is 11.1 Å². The predicted molar refractivity (Wildman–Crippen MR) is 96.8 cm³/mol. The summed E-state index contributed by atoms with van der Waals surface area (Å²) in [5, 5.41) is 2.78. The third kappa shape index (κ3) is 5.15. The van der Waals surface area contributed by atoms with Gasteiger partial charge in [0.05, 0.1) is 18.1 Å². The fraction of sp³-hybridized carbons (Fsp3) is 0.375. The summed E-state index contributed by atoms with van der Waals surface area (Å²) in [6.45, 7) is 0.678. The van der Waals surface area contributed by atoms with Crippen molar-refractivity contribution < 1.29 is 13.9 Å². The first-order chi connectivity index (χ1) is 11.2. The van der Waals surface area contributed by atoms with Gasteiger partial charge in [0, 0.05) is 25.5 Å². The number of imidazole rings is 1. The lowest BCUT2D eigenvalue weighted by Crippen LogP contribution is -2.35. The zero-order valence-electron chi connectivity index (χ0n) is 13.4. The summed E-state index contributed by atoms with van der Waals surface area (Å²) >= 11 is 0. The van der Waals surface area contributed by atoms with Crippen LogP contribution in [-0.4, -0.2) is 34.2 Å². The first-order valence-electron chi connectivity index (χ1n) is 7.57. The lowest BCUT2D eigenvalue weighted by atomic mass is 10.1. The number of nitrogens with two attached hydrogens (primary N) is 1. The van der Waals surface area contributed by atoms with Gasteiger partial charge in [0.1, 0.15) is 11.9 Å². The molecule has 0 spiro atoms. The van der Waals surface area contributed by atoms with Crippen LogP contribution in [0.3, 0.4) is 0 Å². The normalized spacial score (nSPS) is 19.0. The van der Waals surface area contributed by atoms with E-state index < -0.39 is 6.10 Å². The van der Waals surface area contributed by atoms with Crippen LogP contribution in [0.5, 0.6) is 0 Å². The van der Waals surface area contributed by atoms with E-state index in [4.69, 9.17) is 10.5 Å². The van der Waals surface area contributed by atoms with Gasteiger partial charge in [-0.1, -0.05) is 6.07 Å². The van der Waals surface area contributed by atoms with Gasteiger partial charge in [0.15, 0.2) is 0 Å². The Bertz CT molecular complexity index is 685. The second-order valence-electron chi connectivity index (χ2n) is 5.53. The van der Waals surface area contributed by atoms with Crippen molar-refractivity contribution in [3.63, 3.8) is 0 Å². The fourth-order valence-electron chi connectivity index (χ4n) is 2.65. The number of nitrogens with zero attached hydrogens (tertiary/aromatic N) is 2. The third-order valence-corrected chi connectivity index (χ3v) is 3.92. The second kappa shape index (κ2) is 9.72. The smallest absolute Gasteiger partial charge is 0.249 e. The maximum atomic E-state index is 14.1. The van der Waals surface area contributed by atoms with Crippen LogP contribution in [0.4, 0.5) is 4.39 Å². The maximum absolute atomic E-state index is 14.1. The van der Waals surface area contributed by atoms with Crippen LogP contribution in [0.2, 0.25) is 0 Å². The van der Waals surface area contributed by atoms with Crippen molar-refractivity contribution in [2.75, 3.05) is 6.54 Å². The zero-order valence-corrected chi connectivity index (χ0v) is 15.1. The summed E-state index contributed by atoms with van der Waals surface area (Å²) in [4.78, 5) is 15.9. The third-order valence-electron chi connectivity index (χ3n) is 3.92. The van der Waals surface area contributed by atoms with Gasteiger partial charge in [0.25, 0.3) is 0 Å². The Morgan fingerprint density at radius 1 is 1.40 bits per heavy atom. The number of halogens is 3. The second-order valence-corrected chi connectivity index (χ2v) is 5.53. The molecule has 0 radical (unpaired) electrons. The highest BCUT2D eigenvalue weighted by molar-refractivity contribution is 5.85. The molecule has 1 aromatic carbocycles. The van der Waals surface area contributed by atoms with Crippen LogP contribution in [0.25, 0.3) is 5.69 Å². The topological polar surface area (TPSA) is 82.2 Å². The van der Waals surface area contributed by atoms with Crippen molar-refractivity contribution in [1.29, 1.82) is 0 Å². The van der Waals surface area contributed by atoms with Gasteiger partial charge in [-0.05, 0) is 30.5 Å². The molecule has 2 heterocycles. The molecule has 1 saturated heterocycles. The first kappa shape index (κ1) is 21.4. The van der Waals surface area contributed by atoms with Gasteiger partial charge in [-0.25, -0.2) is 9.37 Å². The van der Waals surface area contributed by atoms with Crippen LogP contribution in [-0.2, 0) is 16.1 Å². The highest BCUT2D eigenvalue weighted by Crippen LogP contribution is 2.19. The summed E-state index contributed by atoms with van der Waals surface area (Å²) < 4.78 is 21.3. The van der Waals surface area contributed by atoms with Gasteiger partial charge in [-0.2, -0.15) is 0 Å². The summed E-state index contributed by atoms with van der Waals surface area (Å²) in [5.41, 5.74) is 6.63. The highest BCUT2D eigenvalue weighted by Gasteiger charge is 2.29. The summed E-state index contributed by atoms with van der Waals surface area (Å²) in [5.74, 6) is -0.546. The number of aromatic nitrogens is 2. The molecule has 0 saturated carbocycles. The molecule has 1 amide bonds. The average Bonchev–Trinajstić information content (AvgIpc) is 3.24. The standard InChI is InChI=1S/C16H19FN4O2.2ClH/c17-13-7-11(1-3-14(13)21-6-5-19-10-21)9-20-16(22)15-4-2-12(8-18)23-15;;/h1,3,5-7,10,12,15H,2,4,8-9,18H2,(H,20,22);2*1H/t12-,15+;;/m1../s1. The Morgan fingerprint density at radius 3 is 2.80 bits per heavy atom. The Kier molecular flexibility index (Phi) is 8.31. The van der Waals surface area contributed by atoms with E-state index in [2.05, 4.69) is 10.3 Å². The zero-order chi connectivity index (χ0) is 16.2. The van der Waals surface area contributed by atoms with Crippen molar-refractivity contribution in [2.45, 2.75) is 31.6 Å². The van der Waals surface area contributed by atoms with Crippen molar-refractivity contribution in [3.8, 4) is 5.69 Å².